The summed E-state index contributed by atoms with van der Waals surface area (Å²) in [7, 11) is 6.32. The van der Waals surface area contributed by atoms with Gasteiger partial charge < -0.3 is 13.7 Å². The largest absolute Gasteiger partial charge is 0.313 e. The highest BCUT2D eigenvalue weighted by Crippen LogP contribution is 2.44. The molecule has 6 aromatic heterocycles. The Bertz CT molecular complexity index is 7230. The SMILES string of the molecule is Cc1cc(C)cc(-c2ccc3c(c2)c2cc(-c4cc(C)cc(C)c4)ccc2n3-c2nc3ccccc3n2C)c1.Cc1ccc(-c2ccc3c(c2)c2cc(-c4ccc(C)cc4C)ccc2n3-c2nc3ccccc3n2C)c(C)c1.Cc1cccc(C)c1-c1ccc2c(c1)c1cc(-c3c(C)cccc3C)ccc1n2-c1nc2ccccc2n1C. The smallest absolute Gasteiger partial charge is 0.215 e. The standard InChI is InChI=1S/3C36H31N3/c1-22-10-8-11-23(2)34(22)26-16-18-31-28(20-26)29-21-27(35-24(3)12-9-13-25(35)4)17-19-32(29)39(31)36-37-30-14-6-7-15-33(30)38(36)5;1-22-10-14-28(24(3)18-22)26-12-16-33-30(20-26)31-21-27(29-15-11-23(2)19-25(29)4)13-17-34(31)39(33)36-37-32-8-6-7-9-35(32)38(36)5;1-22-14-23(2)17-28(16-22)26-10-12-33-30(20-26)31-21-27(29-18-24(3)15-25(4)19-29)11-13-34(31)39(33)36-37-32-8-6-7-9-35(32)38(36)5/h3*6-21H,1-5H3. The quantitative estimate of drug-likeness (QED) is 0.145. The lowest BCUT2D eigenvalue weighted by atomic mass is 9.93. The lowest BCUT2D eigenvalue weighted by molar-refractivity contribution is 0.870. The Morgan fingerprint density at radius 2 is 0.453 bits per heavy atom. The zero-order chi connectivity index (χ0) is 80.5. The maximum Gasteiger partial charge on any atom is 0.215 e. The van der Waals surface area contributed by atoms with Crippen molar-refractivity contribution in [2.45, 2.75) is 83.1 Å². The molecule has 0 spiro atoms. The van der Waals surface area contributed by atoms with Gasteiger partial charge in [0, 0.05) is 53.5 Å². The Morgan fingerprint density at radius 1 is 0.188 bits per heavy atom. The summed E-state index contributed by atoms with van der Waals surface area (Å²) in [5.41, 5.74) is 44.0. The van der Waals surface area contributed by atoms with Gasteiger partial charge in [-0.2, -0.15) is 0 Å². The van der Waals surface area contributed by atoms with Crippen LogP contribution in [0.5, 0.6) is 0 Å². The molecule has 0 radical (unpaired) electrons. The van der Waals surface area contributed by atoms with E-state index in [1.807, 2.05) is 0 Å². The summed E-state index contributed by atoms with van der Waals surface area (Å²) in [5.74, 6) is 2.78. The molecule has 0 saturated carbocycles. The van der Waals surface area contributed by atoms with Gasteiger partial charge in [0.15, 0.2) is 0 Å². The van der Waals surface area contributed by atoms with Gasteiger partial charge in [-0.05, 0) is 292 Å². The molecule has 9 nitrogen and oxygen atoms in total. The van der Waals surface area contributed by atoms with Crippen molar-refractivity contribution in [2.75, 3.05) is 0 Å². The van der Waals surface area contributed by atoms with E-state index < -0.39 is 0 Å². The van der Waals surface area contributed by atoms with Crippen LogP contribution in [0, 0.1) is 83.1 Å². The van der Waals surface area contributed by atoms with E-state index in [1.54, 1.807) is 0 Å². The normalized spacial score (nSPS) is 11.7. The molecule has 9 heteroatoms. The number of fused-ring (bicyclic) bond motifs is 12. The van der Waals surface area contributed by atoms with Crippen molar-refractivity contribution < 1.29 is 0 Å². The second-order valence-electron chi connectivity index (χ2n) is 32.7. The number of nitrogens with zero attached hydrogens (tertiary/aromatic N) is 9. The van der Waals surface area contributed by atoms with Crippen LogP contribution in [-0.2, 0) is 21.1 Å². The number of para-hydroxylation sites is 6. The summed E-state index contributed by atoms with van der Waals surface area (Å²) in [4.78, 5) is 15.3. The third-order valence-corrected chi connectivity index (χ3v) is 24.2. The zero-order valence-electron chi connectivity index (χ0n) is 69.2. The Hall–Kier alpha value is -13.9. The van der Waals surface area contributed by atoms with Crippen molar-refractivity contribution in [1.29, 1.82) is 0 Å². The minimum atomic E-state index is 0.925. The first-order valence-electron chi connectivity index (χ1n) is 40.6. The van der Waals surface area contributed by atoms with Gasteiger partial charge in [0.1, 0.15) is 0 Å². The average molecular weight is 1520 g/mol. The van der Waals surface area contributed by atoms with Crippen LogP contribution >= 0.6 is 0 Å². The van der Waals surface area contributed by atoms with Crippen LogP contribution < -0.4 is 0 Å². The number of hydrogen-bond acceptors (Lipinski definition) is 3. The summed E-state index contributed by atoms with van der Waals surface area (Å²) in [6.07, 6.45) is 0. The molecular formula is C108H93N9. The Morgan fingerprint density at radius 3 is 0.744 bits per heavy atom. The third kappa shape index (κ3) is 12.8. The highest BCUT2D eigenvalue weighted by Gasteiger charge is 2.25. The zero-order valence-corrected chi connectivity index (χ0v) is 69.2. The molecule has 0 saturated heterocycles. The minimum absolute atomic E-state index is 0.925. The second kappa shape index (κ2) is 28.9. The molecule has 0 amide bonds. The average Bonchev–Trinajstić information content (AvgIpc) is 1.58. The van der Waals surface area contributed by atoms with Crippen molar-refractivity contribution in [1.82, 2.24) is 42.4 Å². The fourth-order valence-electron chi connectivity index (χ4n) is 18.8. The first-order valence-corrected chi connectivity index (χ1v) is 40.6. The summed E-state index contributed by atoms with van der Waals surface area (Å²) in [5, 5.41) is 7.43. The summed E-state index contributed by atoms with van der Waals surface area (Å²) in [6.45, 7) is 26.2. The molecule has 0 bridgehead atoms. The van der Waals surface area contributed by atoms with Gasteiger partial charge in [0.2, 0.25) is 17.8 Å². The predicted molar refractivity (Wildman–Crippen MR) is 495 cm³/mol. The number of rotatable bonds is 9. The van der Waals surface area contributed by atoms with E-state index in [0.29, 0.717) is 0 Å². The molecule has 0 aliphatic rings. The van der Waals surface area contributed by atoms with E-state index >= 15 is 0 Å². The highest BCUT2D eigenvalue weighted by molar-refractivity contribution is 6.15. The van der Waals surface area contributed by atoms with Gasteiger partial charge in [0.25, 0.3) is 0 Å². The van der Waals surface area contributed by atoms with Gasteiger partial charge in [-0.25, -0.2) is 15.0 Å². The first kappa shape index (κ1) is 73.3. The fraction of sp³-hybridized carbons (Fsp3) is 0.139. The van der Waals surface area contributed by atoms with Crippen molar-refractivity contribution in [3.8, 4) is 84.6 Å². The van der Waals surface area contributed by atoms with Crippen LogP contribution in [0.2, 0.25) is 0 Å². The molecule has 117 heavy (non-hydrogen) atoms. The summed E-state index contributed by atoms with van der Waals surface area (Å²) in [6, 6.07) is 106. The third-order valence-electron chi connectivity index (χ3n) is 24.2. The lowest BCUT2D eigenvalue weighted by Crippen LogP contribution is -2.03. The molecule has 0 aliphatic carbocycles. The molecule has 0 aliphatic heterocycles. The van der Waals surface area contributed by atoms with E-state index in [2.05, 4.69) is 423 Å². The van der Waals surface area contributed by atoms with Crippen LogP contribution in [0.4, 0.5) is 0 Å². The fourth-order valence-corrected chi connectivity index (χ4v) is 18.8. The monoisotopic (exact) mass is 1520 g/mol. The molecule has 0 N–H and O–H groups in total. The van der Waals surface area contributed by atoms with Gasteiger partial charge in [-0.3, -0.25) is 13.7 Å². The molecule has 570 valence electrons. The molecule has 21 rings (SSSR count). The minimum Gasteiger partial charge on any atom is -0.313 e. The molecule has 0 fully saturated rings. The van der Waals surface area contributed by atoms with Crippen LogP contribution in [0.1, 0.15) is 66.8 Å². The van der Waals surface area contributed by atoms with Crippen molar-refractivity contribution in [3.05, 3.63) is 358 Å². The first-order chi connectivity index (χ1) is 56.7. The van der Waals surface area contributed by atoms with Crippen molar-refractivity contribution in [3.63, 3.8) is 0 Å². The maximum absolute atomic E-state index is 5.10. The number of benzene rings is 15. The number of hydrogen-bond donors (Lipinski definition) is 0. The second-order valence-corrected chi connectivity index (χ2v) is 32.7. The Labute approximate surface area is 683 Å². The van der Waals surface area contributed by atoms with E-state index in [-0.39, 0.29) is 0 Å². The van der Waals surface area contributed by atoms with Crippen LogP contribution in [0.25, 0.3) is 183 Å². The predicted octanol–water partition coefficient (Wildman–Crippen LogP) is 27.7. The summed E-state index contributed by atoms with van der Waals surface area (Å²) < 4.78 is 13.6. The topological polar surface area (TPSA) is 68.2 Å². The molecule has 6 heterocycles. The van der Waals surface area contributed by atoms with Gasteiger partial charge in [-0.1, -0.05) is 215 Å². The number of imidazole rings is 3. The molecule has 15 aromatic carbocycles. The number of aromatic nitrogens is 9. The Balaban J connectivity index is 0.000000117. The number of aryl methyl sites for hydroxylation is 15. The molecule has 21 aromatic rings. The van der Waals surface area contributed by atoms with Crippen molar-refractivity contribution >= 4 is 98.5 Å². The highest BCUT2D eigenvalue weighted by atomic mass is 15.3. The summed E-state index contributed by atoms with van der Waals surface area (Å²) >= 11 is 0. The molecular weight excluding hydrogens is 1420 g/mol. The Kier molecular flexibility index (Phi) is 18.1. The van der Waals surface area contributed by atoms with Crippen LogP contribution in [0.15, 0.2) is 291 Å². The van der Waals surface area contributed by atoms with Gasteiger partial charge in [0.05, 0.1) is 66.2 Å². The molecule has 0 atom stereocenters. The van der Waals surface area contributed by atoms with Gasteiger partial charge in [-0.15, -0.1) is 0 Å². The van der Waals surface area contributed by atoms with E-state index in [1.165, 1.54) is 166 Å². The molecule has 0 unspecified atom stereocenters. The van der Waals surface area contributed by atoms with Crippen LogP contribution in [-0.4, -0.2) is 42.4 Å². The maximum atomic E-state index is 5.10. The van der Waals surface area contributed by atoms with E-state index in [9.17, 15) is 0 Å². The van der Waals surface area contributed by atoms with Crippen LogP contribution in [0.3, 0.4) is 0 Å². The van der Waals surface area contributed by atoms with E-state index in [0.717, 1.165) is 84.0 Å². The lowest BCUT2D eigenvalue weighted by Gasteiger charge is -2.11. The van der Waals surface area contributed by atoms with Crippen molar-refractivity contribution in [2.24, 2.45) is 21.1 Å². The van der Waals surface area contributed by atoms with E-state index in [4.69, 9.17) is 15.0 Å². The van der Waals surface area contributed by atoms with Gasteiger partial charge >= 0.3 is 0 Å².